The zero-order valence-corrected chi connectivity index (χ0v) is 51.7. The van der Waals surface area contributed by atoms with Crippen LogP contribution in [0, 0.1) is 0 Å². The minimum Gasteiger partial charge on any atom is -0.756 e. The van der Waals surface area contributed by atoms with Gasteiger partial charge in [-0.3, -0.25) is 9.36 Å². The van der Waals surface area contributed by atoms with E-state index in [1.807, 2.05) is 27.2 Å². The van der Waals surface area contributed by atoms with Crippen LogP contribution in [0.3, 0.4) is 0 Å². The van der Waals surface area contributed by atoms with Crippen LogP contribution in [0.4, 0.5) is 0 Å². The van der Waals surface area contributed by atoms with Gasteiger partial charge >= 0.3 is 0 Å². The highest BCUT2D eigenvalue weighted by atomic mass is 31.2. The number of phosphoric ester groups is 1. The van der Waals surface area contributed by atoms with E-state index in [9.17, 15) is 19.4 Å². The van der Waals surface area contributed by atoms with E-state index in [2.05, 4.69) is 141 Å². The Hall–Kier alpha value is -3.36. The molecule has 3 atom stereocenters. The first-order valence-electron chi connectivity index (χ1n) is 31.5. The number of quaternary nitrogens is 1. The molecule has 3 unspecified atom stereocenters. The second-order valence-corrected chi connectivity index (χ2v) is 23.4. The maximum Gasteiger partial charge on any atom is 0.268 e. The van der Waals surface area contributed by atoms with Crippen molar-refractivity contribution in [2.45, 2.75) is 257 Å². The van der Waals surface area contributed by atoms with Crippen molar-refractivity contribution in [1.82, 2.24) is 5.32 Å². The molecule has 78 heavy (non-hydrogen) atoms. The number of rotatable bonds is 56. The summed E-state index contributed by atoms with van der Waals surface area (Å²) >= 11 is 0. The van der Waals surface area contributed by atoms with Crippen molar-refractivity contribution < 1.29 is 32.9 Å². The van der Waals surface area contributed by atoms with Crippen molar-refractivity contribution in [1.29, 1.82) is 0 Å². The number of nitrogens with zero attached hydrogens (tertiary/aromatic N) is 1. The molecule has 0 aliphatic carbocycles. The number of unbranched alkanes of at least 4 members (excludes halogenated alkanes) is 23. The summed E-state index contributed by atoms with van der Waals surface area (Å²) in [5, 5.41) is 13.9. The zero-order chi connectivity index (χ0) is 57.0. The average molecular weight is 1100 g/mol. The van der Waals surface area contributed by atoms with Crippen LogP contribution >= 0.6 is 7.82 Å². The molecule has 0 spiro atoms. The number of aliphatic hydroxyl groups is 1. The topological polar surface area (TPSA) is 108 Å². The number of allylic oxidation sites excluding steroid dienone is 21. The maximum absolute atomic E-state index is 13.0. The van der Waals surface area contributed by atoms with Gasteiger partial charge in [0, 0.05) is 6.42 Å². The number of phosphoric acid groups is 1. The standard InChI is InChI=1S/C69H119N2O6P/c1-6-8-10-12-14-16-18-20-22-24-26-27-28-29-30-31-32-33-34-35-36-37-38-39-40-41-42-43-45-47-49-51-53-55-57-59-61-63-69(73)70-67(66-77-78(74,75)76-65-64-71(3,4)5)68(72)62-60-58-56-54-52-50-48-46-44-25-23-21-19-17-15-13-11-9-7-2/h8,10,14,16,20,22,26-27,29-30,32-33,35-36,38-39,41-42,45,47,60,62,67-68,72H,6-7,9,11-13,15,17-19,21,23-25,28,31,34,37,40,43-44,46,48-59,61,63-66H2,1-5H3,(H-,70,73,74,75)/b10-8-,16-14-,22-20-,27-26-,30-29-,33-32-,36-35-,39-38-,42-41-,47-45-,62-60+. The highest BCUT2D eigenvalue weighted by Crippen LogP contribution is 2.38. The number of hydrogen-bond acceptors (Lipinski definition) is 6. The van der Waals surface area contributed by atoms with Crippen molar-refractivity contribution in [3.05, 3.63) is 134 Å². The summed E-state index contributed by atoms with van der Waals surface area (Å²) in [5.41, 5.74) is 0. The first kappa shape index (κ1) is 74.6. The molecule has 0 aliphatic rings. The summed E-state index contributed by atoms with van der Waals surface area (Å²) in [6.45, 7) is 4.52. The van der Waals surface area contributed by atoms with Gasteiger partial charge in [-0.2, -0.15) is 0 Å². The largest absolute Gasteiger partial charge is 0.756 e. The lowest BCUT2D eigenvalue weighted by molar-refractivity contribution is -0.870. The number of aliphatic hydroxyl groups excluding tert-OH is 1. The third kappa shape index (κ3) is 60.3. The molecule has 0 saturated carbocycles. The Morgan fingerprint density at radius 1 is 0.462 bits per heavy atom. The minimum atomic E-state index is -4.61. The second-order valence-electron chi connectivity index (χ2n) is 22.0. The van der Waals surface area contributed by atoms with E-state index in [1.54, 1.807) is 6.08 Å². The summed E-state index contributed by atoms with van der Waals surface area (Å²) in [4.78, 5) is 25.5. The lowest BCUT2D eigenvalue weighted by Crippen LogP contribution is -2.45. The van der Waals surface area contributed by atoms with Crippen LogP contribution in [0.15, 0.2) is 134 Å². The van der Waals surface area contributed by atoms with Crippen molar-refractivity contribution in [3.8, 4) is 0 Å². The molecule has 2 N–H and O–H groups in total. The number of carbonyl (C=O) groups excluding carboxylic acids is 1. The quantitative estimate of drug-likeness (QED) is 0.0272. The fourth-order valence-electron chi connectivity index (χ4n) is 8.48. The van der Waals surface area contributed by atoms with Crippen molar-refractivity contribution in [2.75, 3.05) is 40.9 Å². The predicted molar refractivity (Wildman–Crippen MR) is 338 cm³/mol. The Morgan fingerprint density at radius 2 is 0.782 bits per heavy atom. The predicted octanol–water partition coefficient (Wildman–Crippen LogP) is 19.2. The number of nitrogens with one attached hydrogen (secondary N) is 1. The van der Waals surface area contributed by atoms with E-state index in [0.29, 0.717) is 17.4 Å². The molecule has 0 aromatic heterocycles. The van der Waals surface area contributed by atoms with Gasteiger partial charge in [-0.25, -0.2) is 0 Å². The summed E-state index contributed by atoms with van der Waals surface area (Å²) in [6.07, 6.45) is 88.2. The molecule has 9 heteroatoms. The first-order chi connectivity index (χ1) is 38.0. The lowest BCUT2D eigenvalue weighted by atomic mass is 10.0. The van der Waals surface area contributed by atoms with E-state index in [1.165, 1.54) is 96.3 Å². The van der Waals surface area contributed by atoms with E-state index in [4.69, 9.17) is 9.05 Å². The number of carbonyl (C=O) groups is 1. The monoisotopic (exact) mass is 1100 g/mol. The van der Waals surface area contributed by atoms with Gasteiger partial charge in [0.05, 0.1) is 39.9 Å². The van der Waals surface area contributed by atoms with Crippen LogP contribution in [-0.2, 0) is 18.4 Å². The Balaban J connectivity index is 4.22. The molecule has 0 aliphatic heterocycles. The van der Waals surface area contributed by atoms with E-state index >= 15 is 0 Å². The third-order valence-corrected chi connectivity index (χ3v) is 14.3. The lowest BCUT2D eigenvalue weighted by Gasteiger charge is -2.29. The summed E-state index contributed by atoms with van der Waals surface area (Å²) in [6, 6.07) is -0.905. The SMILES string of the molecule is CC/C=C\C/C=C\C/C=C\C/C=C\C/C=C\C/C=C\C/C=C\C/C=C\C/C=C\C/C=C\CCCCCCCCC(=O)NC(COP(=O)([O-])OCC[N+](C)(C)C)C(O)/C=C/CCCCCCCCCCCCCCCCCCC. The molecule has 8 nitrogen and oxygen atoms in total. The Labute approximate surface area is 481 Å². The molecular formula is C69H119N2O6P. The molecule has 0 rings (SSSR count). The normalized spacial score (nSPS) is 14.7. The molecule has 0 saturated heterocycles. The Bertz CT molecular complexity index is 1730. The number of amides is 1. The van der Waals surface area contributed by atoms with Crippen molar-refractivity contribution >= 4 is 13.7 Å². The molecular weight excluding hydrogens is 984 g/mol. The van der Waals surface area contributed by atoms with Gasteiger partial charge in [-0.15, -0.1) is 0 Å². The summed E-state index contributed by atoms with van der Waals surface area (Å²) in [7, 11) is 1.23. The van der Waals surface area contributed by atoms with Crippen LogP contribution in [0.1, 0.15) is 245 Å². The van der Waals surface area contributed by atoms with Crippen LogP contribution in [0.25, 0.3) is 0 Å². The summed E-state index contributed by atoms with van der Waals surface area (Å²) in [5.74, 6) is -0.216. The van der Waals surface area contributed by atoms with Gasteiger partial charge in [0.1, 0.15) is 13.2 Å². The highest BCUT2D eigenvalue weighted by Gasteiger charge is 2.23. The second kappa shape index (κ2) is 58.3. The van der Waals surface area contributed by atoms with Gasteiger partial charge < -0.3 is 28.8 Å². The molecule has 0 aromatic carbocycles. The van der Waals surface area contributed by atoms with E-state index in [-0.39, 0.29) is 12.5 Å². The van der Waals surface area contributed by atoms with Crippen LogP contribution in [0.5, 0.6) is 0 Å². The highest BCUT2D eigenvalue weighted by molar-refractivity contribution is 7.45. The molecule has 0 aromatic rings. The molecule has 0 fully saturated rings. The molecule has 446 valence electrons. The van der Waals surface area contributed by atoms with Gasteiger partial charge in [0.15, 0.2) is 0 Å². The van der Waals surface area contributed by atoms with Crippen molar-refractivity contribution in [3.63, 3.8) is 0 Å². The van der Waals surface area contributed by atoms with E-state index in [0.717, 1.165) is 128 Å². The molecule has 1 amide bonds. The van der Waals surface area contributed by atoms with Gasteiger partial charge in [-0.1, -0.05) is 276 Å². The van der Waals surface area contributed by atoms with E-state index < -0.39 is 26.6 Å². The summed E-state index contributed by atoms with van der Waals surface area (Å²) < 4.78 is 23.4. The van der Waals surface area contributed by atoms with Crippen LogP contribution in [0.2, 0.25) is 0 Å². The third-order valence-electron chi connectivity index (χ3n) is 13.4. The van der Waals surface area contributed by atoms with Crippen molar-refractivity contribution in [2.24, 2.45) is 0 Å². The van der Waals surface area contributed by atoms with Crippen LogP contribution in [-0.4, -0.2) is 68.5 Å². The average Bonchev–Trinajstić information content (AvgIpc) is 3.41. The fraction of sp³-hybridized carbons (Fsp3) is 0.667. The van der Waals surface area contributed by atoms with Gasteiger partial charge in [-0.05, 0) is 96.3 Å². The molecule has 0 radical (unpaired) electrons. The molecule has 0 heterocycles. The Morgan fingerprint density at radius 3 is 1.14 bits per heavy atom. The smallest absolute Gasteiger partial charge is 0.268 e. The minimum absolute atomic E-state index is 0.0107. The fourth-order valence-corrected chi connectivity index (χ4v) is 9.20. The zero-order valence-electron chi connectivity index (χ0n) is 50.8. The number of likely N-dealkylation sites (N-methyl/N-ethyl adjacent to an activating group) is 1. The van der Waals surface area contributed by atoms with Gasteiger partial charge in [0.25, 0.3) is 7.82 Å². The number of hydrogen-bond donors (Lipinski definition) is 2. The van der Waals surface area contributed by atoms with Gasteiger partial charge in [0.2, 0.25) is 5.91 Å². The maximum atomic E-state index is 13.0. The molecule has 0 bridgehead atoms. The Kier molecular flexibility index (Phi) is 55.8. The van der Waals surface area contributed by atoms with Crippen LogP contribution < -0.4 is 10.2 Å². The first-order valence-corrected chi connectivity index (χ1v) is 33.0.